The Balaban J connectivity index is 3.08. The number of primary amides is 2. The molecule has 0 bridgehead atoms. The summed E-state index contributed by atoms with van der Waals surface area (Å²) in [5.41, 5.74) is 22.1. The third-order valence-corrected chi connectivity index (χ3v) is 5.55. The lowest BCUT2D eigenvalue weighted by molar-refractivity contribution is -0.142. The first-order chi connectivity index (χ1) is 17.9. The summed E-state index contributed by atoms with van der Waals surface area (Å²) < 4.78 is 0. The highest BCUT2D eigenvalue weighted by Gasteiger charge is 2.31. The molecule has 0 saturated carbocycles. The van der Waals surface area contributed by atoms with E-state index in [1.165, 1.54) is 0 Å². The van der Waals surface area contributed by atoms with Crippen molar-refractivity contribution in [2.45, 2.75) is 69.1 Å². The van der Waals surface area contributed by atoms with E-state index in [2.05, 4.69) is 16.0 Å². The number of nitrogens with two attached hydrogens (primary N) is 4. The van der Waals surface area contributed by atoms with Gasteiger partial charge in [-0.1, -0.05) is 30.3 Å². The fourth-order valence-electron chi connectivity index (χ4n) is 3.47. The summed E-state index contributed by atoms with van der Waals surface area (Å²) in [6.07, 6.45) is 0.294. The largest absolute Gasteiger partial charge is 0.480 e. The van der Waals surface area contributed by atoms with Crippen LogP contribution in [0.25, 0.3) is 0 Å². The molecule has 12 N–H and O–H groups in total. The lowest BCUT2D eigenvalue weighted by atomic mass is 10.0. The van der Waals surface area contributed by atoms with Crippen molar-refractivity contribution in [1.82, 2.24) is 16.0 Å². The van der Waals surface area contributed by atoms with Crippen LogP contribution in [0.5, 0.6) is 0 Å². The Morgan fingerprint density at radius 2 is 1.34 bits per heavy atom. The number of unbranched alkanes of at least 4 members (excludes halogenated alkanes) is 1. The van der Waals surface area contributed by atoms with E-state index < -0.39 is 66.1 Å². The van der Waals surface area contributed by atoms with Gasteiger partial charge in [0, 0.05) is 12.8 Å². The first-order valence-electron chi connectivity index (χ1n) is 12.1. The number of hydrogen-bond acceptors (Lipinski definition) is 8. The van der Waals surface area contributed by atoms with Gasteiger partial charge < -0.3 is 44.0 Å². The van der Waals surface area contributed by atoms with Gasteiger partial charge in [0.2, 0.25) is 29.5 Å². The zero-order valence-corrected chi connectivity index (χ0v) is 21.1. The molecule has 0 aliphatic heterocycles. The van der Waals surface area contributed by atoms with E-state index >= 15 is 0 Å². The van der Waals surface area contributed by atoms with Crippen LogP contribution in [0.4, 0.5) is 0 Å². The van der Waals surface area contributed by atoms with Gasteiger partial charge in [-0.25, -0.2) is 4.79 Å². The van der Waals surface area contributed by atoms with E-state index in [4.69, 9.17) is 22.9 Å². The molecule has 1 aromatic rings. The van der Waals surface area contributed by atoms with Gasteiger partial charge in [0.1, 0.15) is 18.1 Å². The summed E-state index contributed by atoms with van der Waals surface area (Å²) in [6.45, 7) is 0.367. The topological polar surface area (TPSA) is 263 Å². The van der Waals surface area contributed by atoms with Crippen LogP contribution in [-0.4, -0.2) is 71.3 Å². The summed E-state index contributed by atoms with van der Waals surface area (Å²) in [4.78, 5) is 72.8. The van der Waals surface area contributed by atoms with E-state index in [0.29, 0.717) is 24.9 Å². The average molecular weight is 536 g/mol. The molecule has 0 aliphatic carbocycles. The predicted molar refractivity (Wildman–Crippen MR) is 137 cm³/mol. The van der Waals surface area contributed by atoms with E-state index in [1.54, 1.807) is 30.3 Å². The van der Waals surface area contributed by atoms with Gasteiger partial charge >= 0.3 is 5.97 Å². The number of carboxylic acids is 1. The molecule has 14 nitrogen and oxygen atoms in total. The van der Waals surface area contributed by atoms with Crippen LogP contribution in [0.3, 0.4) is 0 Å². The third-order valence-electron chi connectivity index (χ3n) is 5.55. The molecule has 0 aromatic heterocycles. The van der Waals surface area contributed by atoms with Crippen molar-refractivity contribution in [3.63, 3.8) is 0 Å². The van der Waals surface area contributed by atoms with Crippen LogP contribution in [0, 0.1) is 0 Å². The van der Waals surface area contributed by atoms with Gasteiger partial charge in [-0.2, -0.15) is 0 Å². The van der Waals surface area contributed by atoms with Crippen molar-refractivity contribution >= 4 is 35.5 Å². The predicted octanol–water partition coefficient (Wildman–Crippen LogP) is -2.63. The average Bonchev–Trinajstić information content (AvgIpc) is 2.85. The molecule has 0 radical (unpaired) electrons. The Hall–Kier alpha value is -4.04. The van der Waals surface area contributed by atoms with Crippen LogP contribution in [0.1, 0.15) is 44.1 Å². The first kappa shape index (κ1) is 32.0. The molecule has 5 amide bonds. The highest BCUT2D eigenvalue weighted by atomic mass is 16.4. The number of carbonyl (C=O) groups is 6. The molecule has 0 fully saturated rings. The minimum Gasteiger partial charge on any atom is -0.480 e. The summed E-state index contributed by atoms with van der Waals surface area (Å²) in [7, 11) is 0. The monoisotopic (exact) mass is 535 g/mol. The van der Waals surface area contributed by atoms with Crippen LogP contribution in [0.15, 0.2) is 30.3 Å². The maximum atomic E-state index is 13.1. The van der Waals surface area contributed by atoms with Gasteiger partial charge in [0.05, 0.1) is 12.5 Å². The molecule has 38 heavy (non-hydrogen) atoms. The van der Waals surface area contributed by atoms with E-state index in [1.807, 2.05) is 0 Å². The number of nitrogens with one attached hydrogen (secondary N) is 3. The number of benzene rings is 1. The summed E-state index contributed by atoms with van der Waals surface area (Å²) in [6, 6.07) is 3.49. The highest BCUT2D eigenvalue weighted by Crippen LogP contribution is 2.07. The van der Waals surface area contributed by atoms with Crippen LogP contribution in [0.2, 0.25) is 0 Å². The Kier molecular flexibility index (Phi) is 14.0. The van der Waals surface area contributed by atoms with Crippen LogP contribution < -0.4 is 38.9 Å². The highest BCUT2D eigenvalue weighted by molar-refractivity contribution is 5.96. The lowest BCUT2D eigenvalue weighted by Crippen LogP contribution is -2.58. The molecular formula is C24H37N7O7. The SMILES string of the molecule is NCCCCC(NC(=O)C(Cc1ccccc1)NC(=O)C(CC(N)=O)NC(=O)C(N)CCC(N)=O)C(=O)O. The molecule has 4 atom stereocenters. The van der Waals surface area contributed by atoms with Gasteiger partial charge in [0.25, 0.3) is 0 Å². The number of amides is 5. The number of rotatable bonds is 18. The molecule has 0 aliphatic rings. The molecule has 0 heterocycles. The van der Waals surface area contributed by atoms with E-state index in [-0.39, 0.29) is 25.7 Å². The zero-order chi connectivity index (χ0) is 28.7. The summed E-state index contributed by atoms with van der Waals surface area (Å²) in [5, 5.41) is 16.7. The van der Waals surface area contributed by atoms with Gasteiger partial charge in [-0.05, 0) is 37.8 Å². The fourth-order valence-corrected chi connectivity index (χ4v) is 3.47. The summed E-state index contributed by atoms with van der Waals surface area (Å²) in [5.74, 6) is -5.34. The summed E-state index contributed by atoms with van der Waals surface area (Å²) >= 11 is 0. The normalized spacial score (nSPS) is 13.8. The van der Waals surface area contributed by atoms with E-state index in [9.17, 15) is 33.9 Å². The van der Waals surface area contributed by atoms with E-state index in [0.717, 1.165) is 0 Å². The van der Waals surface area contributed by atoms with Crippen molar-refractivity contribution < 1.29 is 33.9 Å². The maximum absolute atomic E-state index is 13.1. The van der Waals surface area contributed by atoms with Gasteiger partial charge in [0.15, 0.2) is 0 Å². The molecule has 14 heteroatoms. The lowest BCUT2D eigenvalue weighted by Gasteiger charge is -2.25. The van der Waals surface area contributed by atoms with Gasteiger partial charge in [-0.3, -0.25) is 24.0 Å². The standard InChI is InChI=1S/C24H37N7O7/c25-11-5-4-8-16(24(37)38)29-22(35)17(12-14-6-2-1-3-7-14)31-23(36)18(13-20(28)33)30-21(34)15(26)9-10-19(27)32/h1-3,6-7,15-18H,4-5,8-13,25-26H2,(H2,27,32)(H2,28,33)(H,29,35)(H,30,34)(H,31,36)(H,37,38). The Bertz CT molecular complexity index is 974. The number of aliphatic carboxylic acids is 1. The second-order valence-electron chi connectivity index (χ2n) is 8.78. The Morgan fingerprint density at radius 3 is 1.89 bits per heavy atom. The Morgan fingerprint density at radius 1 is 0.763 bits per heavy atom. The second-order valence-corrected chi connectivity index (χ2v) is 8.78. The minimum atomic E-state index is -1.48. The van der Waals surface area contributed by atoms with Crippen molar-refractivity contribution in [3.8, 4) is 0 Å². The fraction of sp³-hybridized carbons (Fsp3) is 0.500. The Labute approximate surface area is 220 Å². The third kappa shape index (κ3) is 12.3. The molecule has 1 rings (SSSR count). The smallest absolute Gasteiger partial charge is 0.326 e. The first-order valence-corrected chi connectivity index (χ1v) is 12.1. The van der Waals surface area contributed by atoms with Gasteiger partial charge in [-0.15, -0.1) is 0 Å². The molecule has 4 unspecified atom stereocenters. The number of carbonyl (C=O) groups excluding carboxylic acids is 5. The number of hydrogen-bond donors (Lipinski definition) is 8. The van der Waals surface area contributed by atoms with Crippen molar-refractivity contribution in [2.24, 2.45) is 22.9 Å². The van der Waals surface area contributed by atoms with Crippen molar-refractivity contribution in [1.29, 1.82) is 0 Å². The van der Waals surface area contributed by atoms with Crippen LogP contribution >= 0.6 is 0 Å². The quantitative estimate of drug-likeness (QED) is 0.0912. The molecule has 1 aromatic carbocycles. The van der Waals surface area contributed by atoms with Crippen molar-refractivity contribution in [2.75, 3.05) is 6.54 Å². The molecule has 0 saturated heterocycles. The minimum absolute atomic E-state index is 0.0110. The van der Waals surface area contributed by atoms with Crippen molar-refractivity contribution in [3.05, 3.63) is 35.9 Å². The second kappa shape index (κ2) is 16.7. The maximum Gasteiger partial charge on any atom is 0.326 e. The van der Waals surface area contributed by atoms with Crippen LogP contribution in [-0.2, 0) is 35.2 Å². The number of carboxylic acid groups (broad SMARTS) is 1. The zero-order valence-electron chi connectivity index (χ0n) is 21.1. The molecule has 0 spiro atoms. The molecular weight excluding hydrogens is 498 g/mol. The molecule has 210 valence electrons.